The third-order valence-electron chi connectivity index (χ3n) is 3.37. The van der Waals surface area contributed by atoms with Crippen molar-refractivity contribution in [2.24, 2.45) is 5.92 Å². The van der Waals surface area contributed by atoms with E-state index in [0.29, 0.717) is 0 Å². The molecule has 0 saturated carbocycles. The van der Waals surface area contributed by atoms with Crippen molar-refractivity contribution < 1.29 is 9.47 Å². The molecule has 0 amide bonds. The summed E-state index contributed by atoms with van der Waals surface area (Å²) in [6.45, 7) is 10.4. The minimum Gasteiger partial charge on any atom is -0.381 e. The molecule has 0 bridgehead atoms. The number of ether oxygens (including phenoxy) is 2. The molecule has 1 atom stereocenters. The van der Waals surface area contributed by atoms with Crippen molar-refractivity contribution in [3.05, 3.63) is 0 Å². The fourth-order valence-electron chi connectivity index (χ4n) is 1.90. The maximum Gasteiger partial charge on any atom is 0.0494 e. The first kappa shape index (κ1) is 17.9. The molecule has 0 aliphatic carbocycles. The molecule has 0 aromatic heterocycles. The minimum atomic E-state index is 0.769. The van der Waals surface area contributed by atoms with Crippen LogP contribution in [0.1, 0.15) is 72.1 Å². The van der Waals surface area contributed by atoms with E-state index in [-0.39, 0.29) is 0 Å². The van der Waals surface area contributed by atoms with Crippen molar-refractivity contribution >= 4 is 0 Å². The van der Waals surface area contributed by atoms with E-state index in [0.717, 1.165) is 45.2 Å². The van der Waals surface area contributed by atoms with Gasteiger partial charge in [0, 0.05) is 26.4 Å². The zero-order valence-corrected chi connectivity index (χ0v) is 12.9. The van der Waals surface area contributed by atoms with Crippen LogP contribution in [0.25, 0.3) is 0 Å². The summed E-state index contributed by atoms with van der Waals surface area (Å²) in [6, 6.07) is 0. The van der Waals surface area contributed by atoms with Gasteiger partial charge in [0.25, 0.3) is 0 Å². The second-order valence-electron chi connectivity index (χ2n) is 5.16. The van der Waals surface area contributed by atoms with Gasteiger partial charge in [0.15, 0.2) is 0 Å². The summed E-state index contributed by atoms with van der Waals surface area (Å²) in [5.74, 6) is 0.769. The molecule has 0 aromatic carbocycles. The molecule has 0 aliphatic rings. The Hall–Kier alpha value is -0.0800. The lowest BCUT2D eigenvalue weighted by molar-refractivity contribution is 0.0790. The lowest BCUT2D eigenvalue weighted by Gasteiger charge is -2.14. The average molecular weight is 258 g/mol. The van der Waals surface area contributed by atoms with Crippen LogP contribution in [0.3, 0.4) is 0 Å². The van der Waals surface area contributed by atoms with Crippen molar-refractivity contribution in [2.45, 2.75) is 72.1 Å². The zero-order valence-electron chi connectivity index (χ0n) is 12.9. The van der Waals surface area contributed by atoms with Crippen LogP contribution in [0, 0.1) is 5.92 Å². The molecule has 0 aromatic rings. The van der Waals surface area contributed by atoms with Crippen LogP contribution in [0.4, 0.5) is 0 Å². The standard InChI is InChI=1S/C16H34O2/c1-4-7-11-16(6-3)15-18-14-10-9-13-17-12-8-5-2/h16H,4-15H2,1-3H3. The molecule has 1 unspecified atom stereocenters. The Morgan fingerprint density at radius 2 is 1.33 bits per heavy atom. The van der Waals surface area contributed by atoms with Crippen molar-refractivity contribution in [1.82, 2.24) is 0 Å². The SMILES string of the molecule is CCCCOCCCCOCC(CC)CCCC. The number of rotatable bonds is 14. The van der Waals surface area contributed by atoms with Crippen molar-refractivity contribution in [2.75, 3.05) is 26.4 Å². The van der Waals surface area contributed by atoms with E-state index in [1.807, 2.05) is 0 Å². The number of unbranched alkanes of at least 4 members (excludes halogenated alkanes) is 3. The molecular weight excluding hydrogens is 224 g/mol. The molecule has 0 aliphatic heterocycles. The van der Waals surface area contributed by atoms with Gasteiger partial charge in [-0.3, -0.25) is 0 Å². The Labute approximate surface area is 114 Å². The van der Waals surface area contributed by atoms with Gasteiger partial charge in [0.2, 0.25) is 0 Å². The highest BCUT2D eigenvalue weighted by Crippen LogP contribution is 2.12. The monoisotopic (exact) mass is 258 g/mol. The normalized spacial score (nSPS) is 12.8. The molecule has 0 N–H and O–H groups in total. The third-order valence-corrected chi connectivity index (χ3v) is 3.37. The highest BCUT2D eigenvalue weighted by atomic mass is 16.5. The first-order valence-corrected chi connectivity index (χ1v) is 8.00. The van der Waals surface area contributed by atoms with Gasteiger partial charge in [-0.2, -0.15) is 0 Å². The van der Waals surface area contributed by atoms with Gasteiger partial charge in [0.05, 0.1) is 0 Å². The van der Waals surface area contributed by atoms with Gasteiger partial charge >= 0.3 is 0 Å². The molecule has 0 heterocycles. The second-order valence-corrected chi connectivity index (χ2v) is 5.16. The summed E-state index contributed by atoms with van der Waals surface area (Å²) >= 11 is 0. The largest absolute Gasteiger partial charge is 0.381 e. The predicted octanol–water partition coefficient (Wildman–Crippen LogP) is 4.82. The third kappa shape index (κ3) is 12.4. The van der Waals surface area contributed by atoms with E-state index < -0.39 is 0 Å². The highest BCUT2D eigenvalue weighted by molar-refractivity contribution is 4.55. The van der Waals surface area contributed by atoms with E-state index in [9.17, 15) is 0 Å². The van der Waals surface area contributed by atoms with Gasteiger partial charge in [-0.1, -0.05) is 46.5 Å². The maximum absolute atomic E-state index is 5.76. The summed E-state index contributed by atoms with van der Waals surface area (Å²) in [5.41, 5.74) is 0. The fourth-order valence-corrected chi connectivity index (χ4v) is 1.90. The molecule has 2 heteroatoms. The molecular formula is C16H34O2. The zero-order chi connectivity index (χ0) is 13.5. The summed E-state index contributed by atoms with van der Waals surface area (Å²) in [7, 11) is 0. The molecule has 0 saturated heterocycles. The Kier molecular flexibility index (Phi) is 14.9. The van der Waals surface area contributed by atoms with Crippen LogP contribution < -0.4 is 0 Å². The average Bonchev–Trinajstić information content (AvgIpc) is 2.40. The Morgan fingerprint density at radius 1 is 0.722 bits per heavy atom. The van der Waals surface area contributed by atoms with E-state index >= 15 is 0 Å². The lowest BCUT2D eigenvalue weighted by atomic mass is 10.0. The minimum absolute atomic E-state index is 0.769. The lowest BCUT2D eigenvalue weighted by Crippen LogP contribution is -2.10. The first-order valence-electron chi connectivity index (χ1n) is 8.00. The summed E-state index contributed by atoms with van der Waals surface area (Å²) < 4.78 is 11.3. The maximum atomic E-state index is 5.76. The molecule has 2 nitrogen and oxygen atoms in total. The van der Waals surface area contributed by atoms with Crippen LogP contribution in [-0.2, 0) is 9.47 Å². The van der Waals surface area contributed by atoms with Crippen LogP contribution in [-0.4, -0.2) is 26.4 Å². The smallest absolute Gasteiger partial charge is 0.0494 e. The van der Waals surface area contributed by atoms with Crippen LogP contribution in [0.5, 0.6) is 0 Å². The van der Waals surface area contributed by atoms with E-state index in [2.05, 4.69) is 20.8 Å². The van der Waals surface area contributed by atoms with E-state index in [1.165, 1.54) is 38.5 Å². The molecule has 18 heavy (non-hydrogen) atoms. The second kappa shape index (κ2) is 15.0. The fraction of sp³-hybridized carbons (Fsp3) is 1.00. The summed E-state index contributed by atoms with van der Waals surface area (Å²) in [5, 5.41) is 0. The Morgan fingerprint density at radius 3 is 1.94 bits per heavy atom. The van der Waals surface area contributed by atoms with Gasteiger partial charge < -0.3 is 9.47 Å². The highest BCUT2D eigenvalue weighted by Gasteiger charge is 2.05. The summed E-state index contributed by atoms with van der Waals surface area (Å²) in [4.78, 5) is 0. The van der Waals surface area contributed by atoms with Gasteiger partial charge in [0.1, 0.15) is 0 Å². The first-order chi connectivity index (χ1) is 8.85. The molecule has 0 radical (unpaired) electrons. The summed E-state index contributed by atoms with van der Waals surface area (Å²) in [6.07, 6.45) is 9.89. The van der Waals surface area contributed by atoms with Crippen LogP contribution >= 0.6 is 0 Å². The molecule has 0 fully saturated rings. The molecule has 0 rings (SSSR count). The van der Waals surface area contributed by atoms with Crippen LogP contribution in [0.2, 0.25) is 0 Å². The van der Waals surface area contributed by atoms with Gasteiger partial charge in [-0.25, -0.2) is 0 Å². The van der Waals surface area contributed by atoms with Crippen molar-refractivity contribution in [3.63, 3.8) is 0 Å². The molecule has 0 spiro atoms. The Bertz CT molecular complexity index is 148. The Balaban J connectivity index is 3.17. The van der Waals surface area contributed by atoms with Crippen LogP contribution in [0.15, 0.2) is 0 Å². The molecule has 110 valence electrons. The number of hydrogen-bond acceptors (Lipinski definition) is 2. The topological polar surface area (TPSA) is 18.5 Å². The quantitative estimate of drug-likeness (QED) is 0.416. The van der Waals surface area contributed by atoms with E-state index in [1.54, 1.807) is 0 Å². The van der Waals surface area contributed by atoms with Crippen molar-refractivity contribution in [3.8, 4) is 0 Å². The van der Waals surface area contributed by atoms with Gasteiger partial charge in [-0.15, -0.1) is 0 Å². The predicted molar refractivity (Wildman–Crippen MR) is 79.1 cm³/mol. The van der Waals surface area contributed by atoms with Crippen molar-refractivity contribution in [1.29, 1.82) is 0 Å². The van der Waals surface area contributed by atoms with E-state index in [4.69, 9.17) is 9.47 Å². The van der Waals surface area contributed by atoms with Gasteiger partial charge in [-0.05, 0) is 31.6 Å². The number of hydrogen-bond donors (Lipinski definition) is 0.